The molecule has 5 heteroatoms. The van der Waals surface area contributed by atoms with Crippen molar-refractivity contribution in [3.63, 3.8) is 0 Å². The zero-order chi connectivity index (χ0) is 17.8. The number of hydrogen-bond acceptors (Lipinski definition) is 3. The van der Waals surface area contributed by atoms with Crippen LogP contribution in [-0.4, -0.2) is 23.8 Å². The van der Waals surface area contributed by atoms with Gasteiger partial charge in [-0.05, 0) is 18.1 Å². The summed E-state index contributed by atoms with van der Waals surface area (Å²) in [5.74, 6) is -0.502. The predicted molar refractivity (Wildman–Crippen MR) is 96.8 cm³/mol. The number of Topliss-reactive ketones (excluding diaryl/α,β-unsaturated/α-hetero) is 1. The Kier molecular flexibility index (Phi) is 4.84. The second-order valence-electron chi connectivity index (χ2n) is 5.72. The molecule has 2 N–H and O–H groups in total. The maximum Gasteiger partial charge on any atom is 0.292 e. The average Bonchev–Trinajstić information content (AvgIpc) is 3.09. The van der Waals surface area contributed by atoms with Crippen molar-refractivity contribution in [3.8, 4) is 5.75 Å². The molecule has 0 atom stereocenters. The van der Waals surface area contributed by atoms with Crippen LogP contribution in [0.1, 0.15) is 28.4 Å². The number of aromatic nitrogens is 1. The summed E-state index contributed by atoms with van der Waals surface area (Å²) in [6, 6.07) is 13.1. The van der Waals surface area contributed by atoms with Crippen LogP contribution >= 0.6 is 0 Å². The van der Waals surface area contributed by atoms with Crippen LogP contribution in [0.3, 0.4) is 0 Å². The molecular weight excluding hydrogens is 316 g/mol. The minimum Gasteiger partial charge on any atom is -0.496 e. The summed E-state index contributed by atoms with van der Waals surface area (Å²) in [4.78, 5) is 27.9. The zero-order valence-electron chi connectivity index (χ0n) is 14.3. The van der Waals surface area contributed by atoms with E-state index in [4.69, 9.17) is 4.74 Å². The molecule has 0 spiro atoms. The fraction of sp³-hybridized carbons (Fsp3) is 0.200. The zero-order valence-corrected chi connectivity index (χ0v) is 14.3. The molecule has 5 nitrogen and oxygen atoms in total. The molecular formula is C20H20N2O3. The van der Waals surface area contributed by atoms with Crippen LogP contribution in [0.2, 0.25) is 0 Å². The molecule has 25 heavy (non-hydrogen) atoms. The van der Waals surface area contributed by atoms with E-state index < -0.39 is 11.7 Å². The number of ketones is 1. The molecule has 0 aliphatic carbocycles. The minimum absolute atomic E-state index is 0.233. The molecule has 0 fully saturated rings. The number of amides is 1. The lowest BCUT2D eigenvalue weighted by Gasteiger charge is -2.09. The molecule has 1 aromatic heterocycles. The number of benzene rings is 2. The Morgan fingerprint density at radius 2 is 1.84 bits per heavy atom. The summed E-state index contributed by atoms with van der Waals surface area (Å²) >= 11 is 0. The normalized spacial score (nSPS) is 10.6. The highest BCUT2D eigenvalue weighted by Gasteiger charge is 2.20. The van der Waals surface area contributed by atoms with Crippen molar-refractivity contribution in [1.82, 2.24) is 10.3 Å². The van der Waals surface area contributed by atoms with Crippen molar-refractivity contribution < 1.29 is 14.3 Å². The lowest BCUT2D eigenvalue weighted by atomic mass is 10.0. The van der Waals surface area contributed by atoms with Crippen LogP contribution in [0.4, 0.5) is 0 Å². The number of H-pyrrole nitrogens is 1. The van der Waals surface area contributed by atoms with Gasteiger partial charge in [0, 0.05) is 29.2 Å². The van der Waals surface area contributed by atoms with Gasteiger partial charge in [-0.2, -0.15) is 0 Å². The molecule has 128 valence electrons. The van der Waals surface area contributed by atoms with Gasteiger partial charge in [0.05, 0.1) is 12.7 Å². The smallest absolute Gasteiger partial charge is 0.292 e. The number of carbonyl (C=O) groups excluding carboxylic acids is 2. The fourth-order valence-electron chi connectivity index (χ4n) is 2.93. The Balaban J connectivity index is 1.78. The van der Waals surface area contributed by atoms with E-state index in [-0.39, 0.29) is 6.54 Å². The number of rotatable bonds is 6. The van der Waals surface area contributed by atoms with Crippen molar-refractivity contribution in [1.29, 1.82) is 0 Å². The number of aryl methyl sites for hydroxylation is 1. The third kappa shape index (κ3) is 3.26. The Morgan fingerprint density at radius 3 is 2.60 bits per heavy atom. The van der Waals surface area contributed by atoms with Crippen LogP contribution in [0.5, 0.6) is 5.75 Å². The van der Waals surface area contributed by atoms with Crippen LogP contribution in [0.15, 0.2) is 48.7 Å². The van der Waals surface area contributed by atoms with Gasteiger partial charge in [-0.3, -0.25) is 9.59 Å². The van der Waals surface area contributed by atoms with Crippen molar-refractivity contribution in [3.05, 3.63) is 65.4 Å². The largest absolute Gasteiger partial charge is 0.496 e. The van der Waals surface area contributed by atoms with Gasteiger partial charge >= 0.3 is 0 Å². The molecule has 0 aliphatic heterocycles. The summed E-state index contributed by atoms with van der Waals surface area (Å²) < 4.78 is 5.25. The molecule has 1 heterocycles. The van der Waals surface area contributed by atoms with E-state index in [1.165, 1.54) is 0 Å². The van der Waals surface area contributed by atoms with E-state index in [9.17, 15) is 9.59 Å². The number of aromatic amines is 1. The minimum atomic E-state index is -0.631. The first-order valence-electron chi connectivity index (χ1n) is 8.19. The van der Waals surface area contributed by atoms with Crippen LogP contribution < -0.4 is 10.1 Å². The second kappa shape index (κ2) is 7.21. The summed E-state index contributed by atoms with van der Waals surface area (Å²) in [7, 11) is 1.57. The number of para-hydroxylation sites is 2. The van der Waals surface area contributed by atoms with Crippen molar-refractivity contribution >= 4 is 22.6 Å². The van der Waals surface area contributed by atoms with Gasteiger partial charge in [-0.25, -0.2) is 0 Å². The number of fused-ring (bicyclic) bond motifs is 1. The number of methoxy groups -OCH3 is 1. The molecule has 3 aromatic rings. The Morgan fingerprint density at radius 1 is 1.08 bits per heavy atom. The van der Waals surface area contributed by atoms with E-state index >= 15 is 0 Å². The summed E-state index contributed by atoms with van der Waals surface area (Å²) in [6.45, 7) is 2.29. The molecule has 3 rings (SSSR count). The van der Waals surface area contributed by atoms with E-state index in [0.717, 1.165) is 28.5 Å². The Bertz CT molecular complexity index is 928. The highest BCUT2D eigenvalue weighted by Crippen LogP contribution is 2.23. The lowest BCUT2D eigenvalue weighted by Crippen LogP contribution is -2.30. The van der Waals surface area contributed by atoms with Crippen LogP contribution in [0, 0.1) is 0 Å². The average molecular weight is 336 g/mol. The molecule has 0 unspecified atom stereocenters. The first-order valence-corrected chi connectivity index (χ1v) is 8.19. The van der Waals surface area contributed by atoms with Crippen LogP contribution in [0.25, 0.3) is 10.9 Å². The van der Waals surface area contributed by atoms with Gasteiger partial charge in [0.2, 0.25) is 0 Å². The van der Waals surface area contributed by atoms with Gasteiger partial charge in [0.25, 0.3) is 11.7 Å². The Labute approximate surface area is 146 Å². The molecule has 0 bridgehead atoms. The summed E-state index contributed by atoms with van der Waals surface area (Å²) in [5, 5.41) is 3.45. The summed E-state index contributed by atoms with van der Waals surface area (Å²) in [5.41, 5.74) is 3.23. The topological polar surface area (TPSA) is 71.2 Å². The highest BCUT2D eigenvalue weighted by molar-refractivity contribution is 6.45. The number of hydrogen-bond donors (Lipinski definition) is 2. The highest BCUT2D eigenvalue weighted by atomic mass is 16.5. The van der Waals surface area contributed by atoms with Crippen LogP contribution in [-0.2, 0) is 17.8 Å². The predicted octanol–water partition coefficient (Wildman–Crippen LogP) is 3.24. The molecule has 0 saturated carbocycles. The molecule has 0 aliphatic rings. The number of ether oxygens (including phenoxy) is 1. The van der Waals surface area contributed by atoms with Gasteiger partial charge in [-0.1, -0.05) is 43.3 Å². The maximum absolute atomic E-state index is 12.5. The van der Waals surface area contributed by atoms with Crippen molar-refractivity contribution in [2.75, 3.05) is 7.11 Å². The molecule has 0 saturated heterocycles. The summed E-state index contributed by atoms with van der Waals surface area (Å²) in [6.07, 6.45) is 2.46. The third-order valence-electron chi connectivity index (χ3n) is 4.27. The second-order valence-corrected chi connectivity index (χ2v) is 5.72. The van der Waals surface area contributed by atoms with E-state index in [2.05, 4.69) is 17.2 Å². The number of carbonyl (C=O) groups is 2. The third-order valence-corrected chi connectivity index (χ3v) is 4.27. The fourth-order valence-corrected chi connectivity index (χ4v) is 2.93. The monoisotopic (exact) mass is 336 g/mol. The van der Waals surface area contributed by atoms with Gasteiger partial charge in [0.1, 0.15) is 5.75 Å². The molecule has 0 radical (unpaired) electrons. The van der Waals surface area contributed by atoms with Gasteiger partial charge in [0.15, 0.2) is 0 Å². The molecule has 2 aromatic carbocycles. The van der Waals surface area contributed by atoms with Gasteiger partial charge in [-0.15, -0.1) is 0 Å². The van der Waals surface area contributed by atoms with Crippen molar-refractivity contribution in [2.24, 2.45) is 0 Å². The standard InChI is InChI=1S/C20H20N2O3/c1-3-13-8-6-9-15-16(12-21-18(13)15)19(23)20(24)22-11-14-7-4-5-10-17(14)25-2/h4-10,12,21H,3,11H2,1-2H3,(H,22,24). The number of nitrogens with one attached hydrogen (secondary N) is 2. The quantitative estimate of drug-likeness (QED) is 0.536. The first-order chi connectivity index (χ1) is 12.2. The first kappa shape index (κ1) is 16.8. The lowest BCUT2D eigenvalue weighted by molar-refractivity contribution is -0.117. The van der Waals surface area contributed by atoms with Gasteiger partial charge < -0.3 is 15.0 Å². The maximum atomic E-state index is 12.5. The van der Waals surface area contributed by atoms with Crippen molar-refractivity contribution in [2.45, 2.75) is 19.9 Å². The Hall–Kier alpha value is -3.08. The van der Waals surface area contributed by atoms with E-state index in [1.54, 1.807) is 13.3 Å². The SMILES string of the molecule is CCc1cccc2c(C(=O)C(=O)NCc3ccccc3OC)c[nH]c12. The van der Waals surface area contributed by atoms with E-state index in [1.807, 2.05) is 42.5 Å². The van der Waals surface area contributed by atoms with E-state index in [0.29, 0.717) is 11.3 Å². The molecule has 1 amide bonds.